The molecule has 2 aliphatic heterocycles. The number of thioether (sulfide) groups is 2. The van der Waals surface area contributed by atoms with Crippen LogP contribution in [0.15, 0.2) is 52.7 Å². The lowest BCUT2D eigenvalue weighted by atomic mass is 10.0. The van der Waals surface area contributed by atoms with Crippen LogP contribution in [-0.2, 0) is 32.1 Å². The average Bonchev–Trinajstić information content (AvgIpc) is 3.41. The minimum absolute atomic E-state index is 0.0184. The van der Waals surface area contributed by atoms with E-state index in [0.717, 1.165) is 5.56 Å². The molecule has 220 valence electrons. The zero-order chi connectivity index (χ0) is 30.0. The standard InChI is InChI=1S/C26H28N8O6S2/c1-26(2,3)40-25(39)27-11-15-7-5-4-6-14(15)10-18(35)28-20-22(36)33-21(24(37)38)16(13-42-23(20)33)12-41-19-9-8-17-29-31-32-34(17)30-19/h4-9,20,23H,10-13H2,1-3H3,(H,27,39)(H,28,35)(H,37,38)/t20?,23-/m1/s1. The maximum Gasteiger partial charge on any atom is 0.407 e. The minimum atomic E-state index is -1.20. The third-order valence-electron chi connectivity index (χ3n) is 6.30. The van der Waals surface area contributed by atoms with Crippen molar-refractivity contribution in [3.8, 4) is 0 Å². The van der Waals surface area contributed by atoms with E-state index in [1.165, 1.54) is 33.1 Å². The second-order valence-corrected chi connectivity index (χ2v) is 12.6. The van der Waals surface area contributed by atoms with Crippen molar-refractivity contribution in [2.75, 3.05) is 11.5 Å². The number of rotatable bonds is 9. The molecule has 3 N–H and O–H groups in total. The van der Waals surface area contributed by atoms with Crippen LogP contribution in [0.25, 0.3) is 5.65 Å². The number of aromatic nitrogens is 5. The molecule has 42 heavy (non-hydrogen) atoms. The van der Waals surface area contributed by atoms with Gasteiger partial charge in [-0.3, -0.25) is 14.5 Å². The molecule has 1 unspecified atom stereocenters. The van der Waals surface area contributed by atoms with Crippen molar-refractivity contribution in [2.45, 2.75) is 55.8 Å². The van der Waals surface area contributed by atoms with E-state index in [1.807, 2.05) is 0 Å². The summed E-state index contributed by atoms with van der Waals surface area (Å²) in [6, 6.07) is 9.76. The van der Waals surface area contributed by atoms with Gasteiger partial charge >= 0.3 is 12.1 Å². The first-order chi connectivity index (χ1) is 20.0. The molecule has 16 heteroatoms. The molecule has 1 saturated heterocycles. The number of benzene rings is 1. The Bertz CT molecular complexity index is 1590. The van der Waals surface area contributed by atoms with E-state index in [-0.39, 0.29) is 24.6 Å². The van der Waals surface area contributed by atoms with Gasteiger partial charge in [0.05, 0.1) is 6.42 Å². The molecule has 3 amide bonds. The number of alkyl carbamates (subject to hydrolysis) is 1. The van der Waals surface area contributed by atoms with Gasteiger partial charge in [-0.05, 0) is 60.0 Å². The van der Waals surface area contributed by atoms with E-state index in [4.69, 9.17) is 4.74 Å². The van der Waals surface area contributed by atoms with Crippen LogP contribution in [0.4, 0.5) is 4.79 Å². The van der Waals surface area contributed by atoms with Crippen LogP contribution in [-0.4, -0.2) is 87.7 Å². The van der Waals surface area contributed by atoms with E-state index < -0.39 is 35.0 Å². The molecule has 2 aliphatic rings. The number of nitrogens with zero attached hydrogens (tertiary/aromatic N) is 6. The number of carbonyl (C=O) groups is 4. The number of aliphatic carboxylic acids is 1. The zero-order valence-corrected chi connectivity index (χ0v) is 24.6. The predicted octanol–water partition coefficient (Wildman–Crippen LogP) is 1.62. The Balaban J connectivity index is 1.20. The summed E-state index contributed by atoms with van der Waals surface area (Å²) in [5.74, 6) is -1.39. The quantitative estimate of drug-likeness (QED) is 0.235. The van der Waals surface area contributed by atoms with E-state index in [9.17, 15) is 24.3 Å². The van der Waals surface area contributed by atoms with Crippen molar-refractivity contribution < 1.29 is 29.0 Å². The van der Waals surface area contributed by atoms with Gasteiger partial charge in [-0.15, -0.1) is 38.4 Å². The summed E-state index contributed by atoms with van der Waals surface area (Å²) in [5, 5.41) is 30.9. The highest BCUT2D eigenvalue weighted by atomic mass is 32.2. The van der Waals surface area contributed by atoms with Gasteiger partial charge in [0.25, 0.3) is 5.91 Å². The minimum Gasteiger partial charge on any atom is -0.477 e. The van der Waals surface area contributed by atoms with Crippen molar-refractivity contribution in [3.63, 3.8) is 0 Å². The molecule has 0 spiro atoms. The summed E-state index contributed by atoms with van der Waals surface area (Å²) < 4.78 is 6.55. The van der Waals surface area contributed by atoms with Crippen LogP contribution in [0, 0.1) is 0 Å². The van der Waals surface area contributed by atoms with E-state index in [2.05, 4.69) is 31.3 Å². The topological polar surface area (TPSA) is 181 Å². The Morgan fingerprint density at radius 1 is 1.17 bits per heavy atom. The molecule has 5 rings (SSSR count). The first-order valence-corrected chi connectivity index (χ1v) is 14.9. The smallest absolute Gasteiger partial charge is 0.407 e. The number of hydrogen-bond donors (Lipinski definition) is 3. The first kappa shape index (κ1) is 29.3. The normalized spacial score (nSPS) is 18.4. The first-order valence-electron chi connectivity index (χ1n) is 12.9. The number of hydrogen-bond acceptors (Lipinski definition) is 11. The highest BCUT2D eigenvalue weighted by Gasteiger charge is 2.54. The largest absolute Gasteiger partial charge is 0.477 e. The van der Waals surface area contributed by atoms with Crippen LogP contribution in [0.2, 0.25) is 0 Å². The molecule has 3 aromatic rings. The highest BCUT2D eigenvalue weighted by Crippen LogP contribution is 2.41. The summed E-state index contributed by atoms with van der Waals surface area (Å²) in [6.45, 7) is 5.47. The Hall–Kier alpha value is -4.18. The lowest BCUT2D eigenvalue weighted by Crippen LogP contribution is -2.70. The number of fused-ring (bicyclic) bond motifs is 2. The van der Waals surface area contributed by atoms with Crippen molar-refractivity contribution in [1.82, 2.24) is 40.8 Å². The molecular weight excluding hydrogens is 584 g/mol. The van der Waals surface area contributed by atoms with Crippen molar-refractivity contribution in [3.05, 3.63) is 58.8 Å². The second-order valence-electron chi connectivity index (χ2n) is 10.5. The Kier molecular flexibility index (Phi) is 8.36. The Morgan fingerprint density at radius 2 is 1.93 bits per heavy atom. The molecule has 0 saturated carbocycles. The number of carbonyl (C=O) groups excluding carboxylic acids is 3. The summed E-state index contributed by atoms with van der Waals surface area (Å²) in [4.78, 5) is 51.6. The van der Waals surface area contributed by atoms with Crippen LogP contribution < -0.4 is 10.6 Å². The predicted molar refractivity (Wildman–Crippen MR) is 152 cm³/mol. The Labute approximate surface area is 248 Å². The summed E-state index contributed by atoms with van der Waals surface area (Å²) in [7, 11) is 0. The molecule has 2 atom stereocenters. The fraction of sp³-hybridized carbons (Fsp3) is 0.385. The highest BCUT2D eigenvalue weighted by molar-refractivity contribution is 8.01. The second kappa shape index (κ2) is 12.0. The number of carboxylic acids is 1. The fourth-order valence-corrected chi connectivity index (χ4v) is 6.78. The maximum absolute atomic E-state index is 13.1. The third-order valence-corrected chi connectivity index (χ3v) is 8.64. The molecule has 0 radical (unpaired) electrons. The van der Waals surface area contributed by atoms with Gasteiger partial charge in [0.15, 0.2) is 5.65 Å². The lowest BCUT2D eigenvalue weighted by Gasteiger charge is -2.49. The van der Waals surface area contributed by atoms with Crippen LogP contribution >= 0.6 is 23.5 Å². The summed E-state index contributed by atoms with van der Waals surface area (Å²) >= 11 is 2.71. The van der Waals surface area contributed by atoms with E-state index in [0.29, 0.717) is 33.3 Å². The van der Waals surface area contributed by atoms with Gasteiger partial charge in [0, 0.05) is 18.1 Å². The summed E-state index contributed by atoms with van der Waals surface area (Å²) in [6.07, 6.45) is -0.587. The van der Waals surface area contributed by atoms with Gasteiger partial charge < -0.3 is 20.5 Å². The van der Waals surface area contributed by atoms with Gasteiger partial charge in [0.1, 0.15) is 27.7 Å². The number of tetrazole rings is 1. The third kappa shape index (κ3) is 6.49. The number of carboxylic acid groups (broad SMARTS) is 1. The lowest BCUT2D eigenvalue weighted by molar-refractivity contribution is -0.150. The molecule has 1 aromatic carbocycles. The number of β-lactam (4-membered cyclic amide) rings is 1. The maximum atomic E-state index is 13.1. The van der Waals surface area contributed by atoms with E-state index >= 15 is 0 Å². The monoisotopic (exact) mass is 612 g/mol. The molecule has 0 bridgehead atoms. The van der Waals surface area contributed by atoms with Crippen LogP contribution in [0.1, 0.15) is 31.9 Å². The number of amides is 3. The van der Waals surface area contributed by atoms with E-state index in [1.54, 1.807) is 57.2 Å². The molecule has 1 fully saturated rings. The van der Waals surface area contributed by atoms with Gasteiger partial charge in [0.2, 0.25) is 5.91 Å². The fourth-order valence-electron chi connectivity index (χ4n) is 4.45. The Morgan fingerprint density at radius 3 is 2.67 bits per heavy atom. The van der Waals surface area contributed by atoms with Gasteiger partial charge in [-0.2, -0.15) is 0 Å². The van der Waals surface area contributed by atoms with Crippen molar-refractivity contribution in [1.29, 1.82) is 0 Å². The van der Waals surface area contributed by atoms with Crippen LogP contribution in [0.3, 0.4) is 0 Å². The molecule has 14 nitrogen and oxygen atoms in total. The van der Waals surface area contributed by atoms with Gasteiger partial charge in [-0.25, -0.2) is 9.59 Å². The summed E-state index contributed by atoms with van der Waals surface area (Å²) in [5.41, 5.74) is 1.78. The number of nitrogens with one attached hydrogen (secondary N) is 2. The average molecular weight is 613 g/mol. The van der Waals surface area contributed by atoms with Crippen molar-refractivity contribution >= 4 is 53.0 Å². The van der Waals surface area contributed by atoms with Crippen LogP contribution in [0.5, 0.6) is 0 Å². The number of ether oxygens (including phenoxy) is 1. The molecule has 0 aliphatic carbocycles. The molecule has 4 heterocycles. The molecule has 2 aromatic heterocycles. The zero-order valence-electron chi connectivity index (χ0n) is 22.9. The SMILES string of the molecule is CC(C)(C)OC(=O)NCc1ccccc1CC(=O)NC1C(=O)N2C(C(=O)O)=C(CSc3ccc4nnnn4n3)CS[C@H]12. The molecular formula is C26H28N8O6S2. The van der Waals surface area contributed by atoms with Gasteiger partial charge in [-0.1, -0.05) is 24.3 Å². The van der Waals surface area contributed by atoms with Crippen molar-refractivity contribution in [2.24, 2.45) is 0 Å².